The summed E-state index contributed by atoms with van der Waals surface area (Å²) in [4.78, 5) is 0. The molecule has 0 spiro atoms. The first-order valence-corrected chi connectivity index (χ1v) is 11.6. The van der Waals surface area contributed by atoms with Gasteiger partial charge < -0.3 is 5.11 Å². The minimum Gasteiger partial charge on any atom is -0.396 e. The van der Waals surface area contributed by atoms with Crippen LogP contribution in [0.15, 0.2) is 0 Å². The average Bonchev–Trinajstić information content (AvgIpc) is 2.60. The second-order valence-corrected chi connectivity index (χ2v) is 7.86. The Hall–Kier alpha value is 0.250. The Bertz CT molecular complexity index is 186. The molecule has 0 amide bonds. The molecular formula is C22H45ClO. The van der Waals surface area contributed by atoms with Gasteiger partial charge in [0, 0.05) is 12.5 Å². The predicted molar refractivity (Wildman–Crippen MR) is 110 cm³/mol. The summed E-state index contributed by atoms with van der Waals surface area (Å²) in [5, 5.41) is 8.71. The van der Waals surface area contributed by atoms with Crippen LogP contribution < -0.4 is 0 Å². The fraction of sp³-hybridized carbons (Fsp3) is 1.00. The molecule has 0 atom stereocenters. The Balaban J connectivity index is 2.93. The summed E-state index contributed by atoms with van der Waals surface area (Å²) in [6.45, 7) is 0.370. The van der Waals surface area contributed by atoms with Gasteiger partial charge in [0.2, 0.25) is 0 Å². The minimum atomic E-state index is 0.370. The summed E-state index contributed by atoms with van der Waals surface area (Å²) in [5.74, 6) is 0.839. The van der Waals surface area contributed by atoms with Gasteiger partial charge in [0.15, 0.2) is 0 Å². The molecule has 0 aliphatic heterocycles. The van der Waals surface area contributed by atoms with E-state index in [4.69, 9.17) is 16.7 Å². The van der Waals surface area contributed by atoms with Crippen molar-refractivity contribution >= 4 is 11.6 Å². The number of unbranched alkanes of at least 4 members (excludes halogenated alkanes) is 19. The Kier molecular flexibility index (Phi) is 23.5. The summed E-state index contributed by atoms with van der Waals surface area (Å²) in [5.41, 5.74) is 0. The molecular weight excluding hydrogens is 316 g/mol. The number of aliphatic hydroxyl groups is 1. The Labute approximate surface area is 158 Å². The van der Waals surface area contributed by atoms with E-state index >= 15 is 0 Å². The highest BCUT2D eigenvalue weighted by Gasteiger charge is 1.95. The molecule has 0 aromatic heterocycles. The Morgan fingerprint density at radius 3 is 0.750 bits per heavy atom. The number of halogens is 1. The molecule has 0 aliphatic rings. The zero-order valence-electron chi connectivity index (χ0n) is 16.4. The number of alkyl halides is 1. The molecule has 0 fully saturated rings. The molecule has 0 saturated carbocycles. The Morgan fingerprint density at radius 1 is 0.333 bits per heavy atom. The SMILES string of the molecule is OCCCCCCCCCCCCCCCCCCCCCCCl. The molecule has 1 N–H and O–H groups in total. The third kappa shape index (κ3) is 22.2. The van der Waals surface area contributed by atoms with Gasteiger partial charge in [0.1, 0.15) is 0 Å². The molecule has 0 bridgehead atoms. The third-order valence-corrected chi connectivity index (χ3v) is 5.31. The lowest BCUT2D eigenvalue weighted by atomic mass is 10.0. The molecule has 146 valence electrons. The van der Waals surface area contributed by atoms with Gasteiger partial charge >= 0.3 is 0 Å². The summed E-state index contributed by atoms with van der Waals surface area (Å²) in [7, 11) is 0. The largest absolute Gasteiger partial charge is 0.396 e. The summed E-state index contributed by atoms with van der Waals surface area (Å²) in [6, 6.07) is 0. The van der Waals surface area contributed by atoms with Crippen molar-refractivity contribution in [2.45, 2.75) is 128 Å². The van der Waals surface area contributed by atoms with E-state index in [1.165, 1.54) is 122 Å². The third-order valence-electron chi connectivity index (χ3n) is 5.04. The van der Waals surface area contributed by atoms with Gasteiger partial charge in [0.25, 0.3) is 0 Å². The minimum absolute atomic E-state index is 0.370. The van der Waals surface area contributed by atoms with Crippen molar-refractivity contribution in [2.75, 3.05) is 12.5 Å². The molecule has 0 aromatic carbocycles. The zero-order chi connectivity index (χ0) is 17.6. The molecule has 0 saturated heterocycles. The monoisotopic (exact) mass is 360 g/mol. The van der Waals surface area contributed by atoms with Crippen LogP contribution in [0.5, 0.6) is 0 Å². The standard InChI is InChI=1S/C22H45ClO/c23-21-19-17-15-13-11-9-7-5-3-1-2-4-6-8-10-12-14-16-18-20-22-24/h24H,1-22H2. The topological polar surface area (TPSA) is 20.2 Å². The van der Waals surface area contributed by atoms with E-state index in [1.807, 2.05) is 0 Å². The van der Waals surface area contributed by atoms with Crippen LogP contribution >= 0.6 is 11.6 Å². The van der Waals surface area contributed by atoms with E-state index in [0.717, 1.165) is 12.3 Å². The van der Waals surface area contributed by atoms with Crippen LogP contribution in [0.4, 0.5) is 0 Å². The molecule has 0 rings (SSSR count). The van der Waals surface area contributed by atoms with Crippen molar-refractivity contribution in [1.82, 2.24) is 0 Å². The van der Waals surface area contributed by atoms with Crippen molar-refractivity contribution in [3.63, 3.8) is 0 Å². The van der Waals surface area contributed by atoms with Gasteiger partial charge in [-0.25, -0.2) is 0 Å². The van der Waals surface area contributed by atoms with E-state index in [9.17, 15) is 0 Å². The first-order chi connectivity index (χ1) is 11.9. The molecule has 2 heteroatoms. The summed E-state index contributed by atoms with van der Waals surface area (Å²) < 4.78 is 0. The fourth-order valence-electron chi connectivity index (χ4n) is 3.39. The highest BCUT2D eigenvalue weighted by atomic mass is 35.5. The van der Waals surface area contributed by atoms with Gasteiger partial charge in [-0.3, -0.25) is 0 Å². The average molecular weight is 361 g/mol. The van der Waals surface area contributed by atoms with Crippen molar-refractivity contribution in [3.05, 3.63) is 0 Å². The summed E-state index contributed by atoms with van der Waals surface area (Å²) >= 11 is 5.68. The number of hydrogen-bond donors (Lipinski definition) is 1. The van der Waals surface area contributed by atoms with E-state index in [2.05, 4.69) is 0 Å². The molecule has 0 aliphatic carbocycles. The molecule has 0 radical (unpaired) electrons. The lowest BCUT2D eigenvalue weighted by molar-refractivity contribution is 0.282. The van der Waals surface area contributed by atoms with Crippen LogP contribution in [-0.2, 0) is 0 Å². The van der Waals surface area contributed by atoms with Gasteiger partial charge in [-0.05, 0) is 12.8 Å². The highest BCUT2D eigenvalue weighted by Crippen LogP contribution is 2.14. The highest BCUT2D eigenvalue weighted by molar-refractivity contribution is 6.17. The van der Waals surface area contributed by atoms with Crippen molar-refractivity contribution in [1.29, 1.82) is 0 Å². The van der Waals surface area contributed by atoms with E-state index in [-0.39, 0.29) is 0 Å². The van der Waals surface area contributed by atoms with Gasteiger partial charge in [-0.2, -0.15) is 0 Å². The quantitative estimate of drug-likeness (QED) is 0.162. The van der Waals surface area contributed by atoms with Crippen LogP contribution in [0.3, 0.4) is 0 Å². The predicted octanol–water partition coefficient (Wildman–Crippen LogP) is 8.02. The first-order valence-electron chi connectivity index (χ1n) is 11.1. The van der Waals surface area contributed by atoms with Gasteiger partial charge in [-0.1, -0.05) is 116 Å². The number of hydrogen-bond acceptors (Lipinski definition) is 1. The van der Waals surface area contributed by atoms with Crippen LogP contribution in [0, 0.1) is 0 Å². The molecule has 0 heterocycles. The van der Waals surface area contributed by atoms with Crippen LogP contribution in [0.25, 0.3) is 0 Å². The fourth-order valence-corrected chi connectivity index (χ4v) is 3.58. The molecule has 24 heavy (non-hydrogen) atoms. The molecule has 1 nitrogen and oxygen atoms in total. The zero-order valence-corrected chi connectivity index (χ0v) is 17.1. The normalized spacial score (nSPS) is 11.2. The van der Waals surface area contributed by atoms with Crippen molar-refractivity contribution < 1.29 is 5.11 Å². The maximum atomic E-state index is 8.71. The van der Waals surface area contributed by atoms with Gasteiger partial charge in [0.05, 0.1) is 0 Å². The number of rotatable bonds is 21. The summed E-state index contributed by atoms with van der Waals surface area (Å²) in [6.07, 6.45) is 27.5. The van der Waals surface area contributed by atoms with E-state index in [0.29, 0.717) is 6.61 Å². The maximum absolute atomic E-state index is 8.71. The van der Waals surface area contributed by atoms with Crippen LogP contribution in [-0.4, -0.2) is 17.6 Å². The Morgan fingerprint density at radius 2 is 0.542 bits per heavy atom. The lowest BCUT2D eigenvalue weighted by Gasteiger charge is -2.04. The van der Waals surface area contributed by atoms with Crippen LogP contribution in [0.2, 0.25) is 0 Å². The number of aliphatic hydroxyl groups excluding tert-OH is 1. The molecule has 0 aromatic rings. The first kappa shape index (κ1) is 24.2. The van der Waals surface area contributed by atoms with Crippen LogP contribution in [0.1, 0.15) is 128 Å². The van der Waals surface area contributed by atoms with E-state index < -0.39 is 0 Å². The van der Waals surface area contributed by atoms with Crippen molar-refractivity contribution in [3.8, 4) is 0 Å². The lowest BCUT2D eigenvalue weighted by Crippen LogP contribution is -1.85. The smallest absolute Gasteiger partial charge is 0.0431 e. The maximum Gasteiger partial charge on any atom is 0.0431 e. The molecule has 0 unspecified atom stereocenters. The van der Waals surface area contributed by atoms with E-state index in [1.54, 1.807) is 0 Å². The van der Waals surface area contributed by atoms with Crippen molar-refractivity contribution in [2.24, 2.45) is 0 Å². The van der Waals surface area contributed by atoms with Gasteiger partial charge in [-0.15, -0.1) is 11.6 Å². The second-order valence-electron chi connectivity index (χ2n) is 7.48. The second kappa shape index (κ2) is 23.2.